The Bertz CT molecular complexity index is 227. The van der Waals surface area contributed by atoms with E-state index in [1.165, 1.54) is 4.31 Å². The molecule has 2 N–H and O–H groups in total. The van der Waals surface area contributed by atoms with Crippen LogP contribution < -0.4 is 5.14 Å². The van der Waals surface area contributed by atoms with E-state index in [-0.39, 0.29) is 0 Å². The van der Waals surface area contributed by atoms with Crippen molar-refractivity contribution in [3.8, 4) is 0 Å². The zero-order chi connectivity index (χ0) is 11.0. The lowest BCUT2D eigenvalue weighted by Crippen LogP contribution is -2.38. The molecule has 0 aromatic heterocycles. The first kappa shape index (κ1) is 13.9. The fourth-order valence-electron chi connectivity index (χ4n) is 1.24. The lowest BCUT2D eigenvalue weighted by atomic mass is 10.2. The summed E-state index contributed by atoms with van der Waals surface area (Å²) in [4.78, 5) is 0. The molecular weight excluding hydrogens is 200 g/mol. The summed E-state index contributed by atoms with van der Waals surface area (Å²) < 4.78 is 23.7. The van der Waals surface area contributed by atoms with Gasteiger partial charge in [-0.2, -0.15) is 12.7 Å². The normalized spacial score (nSPS) is 12.3. The van der Waals surface area contributed by atoms with Gasteiger partial charge in [-0.1, -0.05) is 33.1 Å². The molecule has 0 radical (unpaired) electrons. The van der Waals surface area contributed by atoms with Gasteiger partial charge in [-0.3, -0.25) is 0 Å². The fraction of sp³-hybridized carbons (Fsp3) is 1.00. The Morgan fingerprint density at radius 3 is 1.93 bits per heavy atom. The maximum atomic E-state index is 11.1. The fourth-order valence-corrected chi connectivity index (χ4v) is 2.01. The van der Waals surface area contributed by atoms with Crippen LogP contribution in [-0.4, -0.2) is 25.8 Å². The Labute approximate surface area is 87.7 Å². The van der Waals surface area contributed by atoms with E-state index in [9.17, 15) is 8.42 Å². The number of rotatable bonds is 8. The van der Waals surface area contributed by atoms with Gasteiger partial charge >= 0.3 is 0 Å². The predicted octanol–water partition coefficient (Wildman–Crippen LogP) is 1.48. The largest absolute Gasteiger partial charge is 0.276 e. The summed E-state index contributed by atoms with van der Waals surface area (Å²) in [7, 11) is -3.48. The van der Waals surface area contributed by atoms with Crippen LogP contribution in [0.25, 0.3) is 0 Å². The van der Waals surface area contributed by atoms with Gasteiger partial charge in [0.05, 0.1) is 0 Å². The van der Waals surface area contributed by atoms with Gasteiger partial charge in [0, 0.05) is 13.1 Å². The number of nitrogens with zero attached hydrogens (tertiary/aromatic N) is 1. The maximum absolute atomic E-state index is 11.1. The van der Waals surface area contributed by atoms with Crippen LogP contribution >= 0.6 is 0 Å². The summed E-state index contributed by atoms with van der Waals surface area (Å²) in [5.41, 5.74) is 0. The van der Waals surface area contributed by atoms with E-state index in [1.807, 2.05) is 6.92 Å². The molecule has 0 aromatic rings. The second-order valence-corrected chi connectivity index (χ2v) is 5.05. The van der Waals surface area contributed by atoms with E-state index in [0.29, 0.717) is 13.1 Å². The zero-order valence-electron chi connectivity index (χ0n) is 9.20. The number of unbranched alkanes of at least 4 members (excludes halogenated alkanes) is 3. The maximum Gasteiger partial charge on any atom is 0.276 e. The lowest BCUT2D eigenvalue weighted by Gasteiger charge is -2.18. The quantitative estimate of drug-likeness (QED) is 0.632. The Morgan fingerprint density at radius 2 is 1.50 bits per heavy atom. The summed E-state index contributed by atoms with van der Waals surface area (Å²) in [6.45, 7) is 5.24. The first-order valence-corrected chi connectivity index (χ1v) is 6.80. The molecule has 0 atom stereocenters. The molecule has 0 unspecified atom stereocenters. The minimum Gasteiger partial charge on any atom is -0.216 e. The molecule has 0 aliphatic rings. The molecule has 0 aromatic carbocycles. The zero-order valence-corrected chi connectivity index (χ0v) is 10.0. The molecule has 0 bridgehead atoms. The van der Waals surface area contributed by atoms with Gasteiger partial charge in [-0.15, -0.1) is 0 Å². The average Bonchev–Trinajstić information content (AvgIpc) is 2.09. The molecule has 0 saturated carbocycles. The second-order valence-electron chi connectivity index (χ2n) is 3.50. The van der Waals surface area contributed by atoms with Crippen LogP contribution in [0.3, 0.4) is 0 Å². The molecule has 0 rings (SSSR count). The minimum absolute atomic E-state index is 0.555. The highest BCUT2D eigenvalue weighted by Gasteiger charge is 2.15. The van der Waals surface area contributed by atoms with Crippen LogP contribution in [0.4, 0.5) is 0 Å². The Kier molecular flexibility index (Phi) is 7.13. The SMILES string of the molecule is CCCCCN(CCCC)S(N)(=O)=O. The second kappa shape index (κ2) is 7.20. The third kappa shape index (κ3) is 6.34. The molecule has 4 nitrogen and oxygen atoms in total. The summed E-state index contributed by atoms with van der Waals surface area (Å²) in [6.07, 6.45) is 4.91. The Balaban J connectivity index is 3.99. The van der Waals surface area contributed by atoms with Crippen molar-refractivity contribution < 1.29 is 8.42 Å². The number of nitrogens with two attached hydrogens (primary N) is 1. The number of hydrogen-bond donors (Lipinski definition) is 1. The molecule has 86 valence electrons. The number of hydrogen-bond acceptors (Lipinski definition) is 2. The van der Waals surface area contributed by atoms with Gasteiger partial charge in [-0.05, 0) is 12.8 Å². The molecule has 0 amide bonds. The van der Waals surface area contributed by atoms with Crippen LogP contribution in [0.5, 0.6) is 0 Å². The van der Waals surface area contributed by atoms with E-state index >= 15 is 0 Å². The van der Waals surface area contributed by atoms with E-state index in [4.69, 9.17) is 5.14 Å². The first-order chi connectivity index (χ1) is 6.52. The van der Waals surface area contributed by atoms with Gasteiger partial charge in [-0.25, -0.2) is 5.14 Å². The highest BCUT2D eigenvalue weighted by molar-refractivity contribution is 7.86. The van der Waals surface area contributed by atoms with Crippen molar-refractivity contribution in [1.29, 1.82) is 0 Å². The summed E-state index contributed by atoms with van der Waals surface area (Å²) in [5, 5.41) is 5.10. The third-order valence-electron chi connectivity index (χ3n) is 2.13. The van der Waals surface area contributed by atoms with Crippen molar-refractivity contribution >= 4 is 10.2 Å². The third-order valence-corrected chi connectivity index (χ3v) is 3.22. The molecule has 0 spiro atoms. The van der Waals surface area contributed by atoms with Crippen LogP contribution in [0, 0.1) is 0 Å². The predicted molar refractivity (Wildman–Crippen MR) is 59.1 cm³/mol. The van der Waals surface area contributed by atoms with Crippen molar-refractivity contribution in [3.63, 3.8) is 0 Å². The Morgan fingerprint density at radius 1 is 1.00 bits per heavy atom. The van der Waals surface area contributed by atoms with Gasteiger partial charge < -0.3 is 0 Å². The summed E-state index contributed by atoms with van der Waals surface area (Å²) in [6, 6.07) is 0. The van der Waals surface area contributed by atoms with E-state index < -0.39 is 10.2 Å². The monoisotopic (exact) mass is 222 g/mol. The molecule has 14 heavy (non-hydrogen) atoms. The van der Waals surface area contributed by atoms with Crippen molar-refractivity contribution in [1.82, 2.24) is 4.31 Å². The van der Waals surface area contributed by atoms with Gasteiger partial charge in [0.2, 0.25) is 0 Å². The lowest BCUT2D eigenvalue weighted by molar-refractivity contribution is 0.392. The minimum atomic E-state index is -3.48. The van der Waals surface area contributed by atoms with Crippen LogP contribution in [0.2, 0.25) is 0 Å². The molecule has 0 heterocycles. The Hall–Kier alpha value is -0.130. The van der Waals surface area contributed by atoms with Gasteiger partial charge in [0.1, 0.15) is 0 Å². The summed E-state index contributed by atoms with van der Waals surface area (Å²) >= 11 is 0. The molecule has 0 aliphatic carbocycles. The van der Waals surface area contributed by atoms with Crippen LogP contribution in [-0.2, 0) is 10.2 Å². The van der Waals surface area contributed by atoms with Gasteiger partial charge in [0.15, 0.2) is 0 Å². The molecule has 0 saturated heterocycles. The van der Waals surface area contributed by atoms with Crippen molar-refractivity contribution in [3.05, 3.63) is 0 Å². The molecular formula is C9H22N2O2S. The van der Waals surface area contributed by atoms with Crippen molar-refractivity contribution in [2.75, 3.05) is 13.1 Å². The topological polar surface area (TPSA) is 63.4 Å². The highest BCUT2D eigenvalue weighted by Crippen LogP contribution is 2.03. The molecule has 0 fully saturated rings. The van der Waals surface area contributed by atoms with Gasteiger partial charge in [0.25, 0.3) is 10.2 Å². The highest BCUT2D eigenvalue weighted by atomic mass is 32.2. The van der Waals surface area contributed by atoms with E-state index in [1.54, 1.807) is 0 Å². The smallest absolute Gasteiger partial charge is 0.216 e. The van der Waals surface area contributed by atoms with Crippen LogP contribution in [0.15, 0.2) is 0 Å². The molecule has 5 heteroatoms. The van der Waals surface area contributed by atoms with E-state index in [0.717, 1.165) is 32.1 Å². The first-order valence-electron chi connectivity index (χ1n) is 5.30. The van der Waals surface area contributed by atoms with Crippen molar-refractivity contribution in [2.24, 2.45) is 5.14 Å². The summed E-state index contributed by atoms with van der Waals surface area (Å²) in [5.74, 6) is 0. The molecule has 0 aliphatic heterocycles. The van der Waals surface area contributed by atoms with E-state index in [2.05, 4.69) is 6.92 Å². The average molecular weight is 222 g/mol. The van der Waals surface area contributed by atoms with Crippen molar-refractivity contribution in [2.45, 2.75) is 46.0 Å². The van der Waals surface area contributed by atoms with Crippen LogP contribution in [0.1, 0.15) is 46.0 Å². The standard InChI is InChI=1S/C9H22N2O2S/c1-3-5-7-9-11(8-6-4-2)14(10,12)13/h3-9H2,1-2H3,(H2,10,12,13).